The lowest BCUT2D eigenvalue weighted by atomic mass is 9.96. The smallest absolute Gasteiger partial charge is 0.259 e. The van der Waals surface area contributed by atoms with E-state index in [1.807, 2.05) is 22.8 Å². The van der Waals surface area contributed by atoms with Crippen molar-refractivity contribution in [1.82, 2.24) is 19.8 Å². The fourth-order valence-electron chi connectivity index (χ4n) is 5.17. The van der Waals surface area contributed by atoms with Crippen LogP contribution in [0.1, 0.15) is 97.0 Å². The summed E-state index contributed by atoms with van der Waals surface area (Å²) in [5.41, 5.74) is 0.621. The lowest BCUT2D eigenvalue weighted by Crippen LogP contribution is -2.41. The minimum atomic E-state index is -0.461. The first kappa shape index (κ1) is 25.1. The second kappa shape index (κ2) is 12.7. The van der Waals surface area contributed by atoms with Gasteiger partial charge in [0.15, 0.2) is 0 Å². The second-order valence-electron chi connectivity index (χ2n) is 9.95. The van der Waals surface area contributed by atoms with Gasteiger partial charge in [-0.15, -0.1) is 0 Å². The van der Waals surface area contributed by atoms with Crippen molar-refractivity contribution in [3.63, 3.8) is 0 Å². The molecule has 2 aromatic rings. The van der Waals surface area contributed by atoms with Gasteiger partial charge in [-0.3, -0.25) is 19.4 Å². The first-order valence-electron chi connectivity index (χ1n) is 13.4. The highest BCUT2D eigenvalue weighted by molar-refractivity contribution is 5.99. The minimum absolute atomic E-state index is 0.0637. The quantitative estimate of drug-likeness (QED) is 0.669. The van der Waals surface area contributed by atoms with Gasteiger partial charge in [0.1, 0.15) is 11.1 Å². The maximum Gasteiger partial charge on any atom is 0.259 e. The van der Waals surface area contributed by atoms with E-state index < -0.39 is 5.43 Å². The van der Waals surface area contributed by atoms with E-state index >= 15 is 0 Å². The summed E-state index contributed by atoms with van der Waals surface area (Å²) in [6.45, 7) is 1.84. The third-order valence-corrected chi connectivity index (χ3v) is 7.24. The number of nitrogens with one attached hydrogen (secondary N) is 1. The van der Waals surface area contributed by atoms with Crippen LogP contribution in [0.25, 0.3) is 0 Å². The number of hydrogen-bond donors (Lipinski definition) is 1. The van der Waals surface area contributed by atoms with Crippen molar-refractivity contribution in [2.24, 2.45) is 0 Å². The Morgan fingerprint density at radius 3 is 2.23 bits per heavy atom. The van der Waals surface area contributed by atoms with E-state index in [1.165, 1.54) is 19.3 Å². The Bertz CT molecular complexity index is 1030. The molecule has 4 rings (SSSR count). The third-order valence-electron chi connectivity index (χ3n) is 7.24. The van der Waals surface area contributed by atoms with Crippen LogP contribution in [0.2, 0.25) is 0 Å². The Balaban J connectivity index is 1.60. The van der Waals surface area contributed by atoms with E-state index in [-0.39, 0.29) is 29.0 Å². The standard InChI is InChI=1S/C28H38N4O3/c33-26-24(27(34)30-23-13-6-2-1-3-7-14-23)20-31(19-15-22-12-8-9-16-29-22)21-25(26)28(35)32-17-10-4-5-11-18-32/h8-9,12,16,20-21,23H,1-7,10-11,13-15,17-19H2,(H,30,34). The van der Waals surface area contributed by atoms with Crippen molar-refractivity contribution in [2.45, 2.75) is 89.6 Å². The van der Waals surface area contributed by atoms with Crippen LogP contribution in [0.3, 0.4) is 0 Å². The number of carbonyl (C=O) groups is 2. The molecule has 1 saturated carbocycles. The van der Waals surface area contributed by atoms with Gasteiger partial charge in [0.2, 0.25) is 5.43 Å². The highest BCUT2D eigenvalue weighted by atomic mass is 16.2. The van der Waals surface area contributed by atoms with Crippen LogP contribution < -0.4 is 10.7 Å². The van der Waals surface area contributed by atoms with Crippen LogP contribution in [-0.2, 0) is 13.0 Å². The number of rotatable bonds is 6. The van der Waals surface area contributed by atoms with Gasteiger partial charge in [0.25, 0.3) is 11.8 Å². The van der Waals surface area contributed by atoms with Gasteiger partial charge in [-0.1, -0.05) is 51.0 Å². The van der Waals surface area contributed by atoms with Crippen LogP contribution in [0.4, 0.5) is 0 Å². The van der Waals surface area contributed by atoms with Crippen molar-refractivity contribution in [1.29, 1.82) is 0 Å². The maximum absolute atomic E-state index is 13.4. The van der Waals surface area contributed by atoms with Gasteiger partial charge in [-0.2, -0.15) is 0 Å². The molecule has 1 N–H and O–H groups in total. The molecule has 35 heavy (non-hydrogen) atoms. The topological polar surface area (TPSA) is 84.3 Å². The molecule has 0 bridgehead atoms. The minimum Gasteiger partial charge on any atom is -0.352 e. The van der Waals surface area contributed by atoms with Crippen molar-refractivity contribution >= 4 is 11.8 Å². The summed E-state index contributed by atoms with van der Waals surface area (Å²) in [6.07, 6.45) is 17.4. The molecule has 7 heteroatoms. The summed E-state index contributed by atoms with van der Waals surface area (Å²) in [4.78, 5) is 46.3. The van der Waals surface area contributed by atoms with Crippen LogP contribution in [0, 0.1) is 0 Å². The molecule has 188 valence electrons. The van der Waals surface area contributed by atoms with Crippen molar-refractivity contribution in [3.8, 4) is 0 Å². The first-order chi connectivity index (χ1) is 17.1. The molecule has 0 atom stereocenters. The highest BCUT2D eigenvalue weighted by Gasteiger charge is 2.25. The lowest BCUT2D eigenvalue weighted by Gasteiger charge is -2.22. The van der Waals surface area contributed by atoms with Gasteiger partial charge >= 0.3 is 0 Å². The zero-order valence-electron chi connectivity index (χ0n) is 20.7. The Morgan fingerprint density at radius 2 is 1.54 bits per heavy atom. The van der Waals surface area contributed by atoms with Gasteiger partial charge in [0, 0.05) is 56.4 Å². The molecule has 1 aliphatic heterocycles. The molecular formula is C28H38N4O3. The zero-order chi connectivity index (χ0) is 24.5. The van der Waals surface area contributed by atoms with Crippen molar-refractivity contribution in [3.05, 3.63) is 63.8 Å². The predicted octanol–water partition coefficient (Wildman–Crippen LogP) is 4.34. The van der Waals surface area contributed by atoms with Crippen molar-refractivity contribution < 1.29 is 9.59 Å². The second-order valence-corrected chi connectivity index (χ2v) is 9.95. The SMILES string of the molecule is O=C(NC1CCCCCCC1)c1cn(CCc2ccccn2)cc(C(=O)N2CCCCCC2)c1=O. The van der Waals surface area contributed by atoms with E-state index in [9.17, 15) is 14.4 Å². The van der Waals surface area contributed by atoms with Gasteiger partial charge in [-0.25, -0.2) is 0 Å². The van der Waals surface area contributed by atoms with Crippen LogP contribution >= 0.6 is 0 Å². The molecule has 7 nitrogen and oxygen atoms in total. The third kappa shape index (κ3) is 7.03. The Labute approximate surface area is 207 Å². The number of amides is 2. The molecule has 2 amide bonds. The van der Waals surface area contributed by atoms with E-state index in [1.54, 1.807) is 23.5 Å². The number of nitrogens with zero attached hydrogens (tertiary/aromatic N) is 3. The maximum atomic E-state index is 13.4. The molecular weight excluding hydrogens is 440 g/mol. The molecule has 0 unspecified atom stereocenters. The monoisotopic (exact) mass is 478 g/mol. The molecule has 1 saturated heterocycles. The van der Waals surface area contributed by atoms with E-state index in [2.05, 4.69) is 10.3 Å². The number of likely N-dealkylation sites (tertiary alicyclic amines) is 1. The fraction of sp³-hybridized carbons (Fsp3) is 0.571. The average Bonchev–Trinajstić information content (AvgIpc) is 3.15. The number of hydrogen-bond acceptors (Lipinski definition) is 4. The molecule has 2 aliphatic rings. The van der Waals surface area contributed by atoms with Gasteiger partial charge in [0.05, 0.1) is 0 Å². The summed E-state index contributed by atoms with van der Waals surface area (Å²) < 4.78 is 1.81. The van der Waals surface area contributed by atoms with Crippen LogP contribution in [0.5, 0.6) is 0 Å². The fourth-order valence-corrected chi connectivity index (χ4v) is 5.17. The summed E-state index contributed by atoms with van der Waals surface area (Å²) in [5.74, 6) is -0.623. The summed E-state index contributed by atoms with van der Waals surface area (Å²) in [6, 6.07) is 5.84. The Hall–Kier alpha value is -2.96. The molecule has 0 radical (unpaired) electrons. The Kier molecular flexibility index (Phi) is 9.09. The molecule has 2 aromatic heterocycles. The lowest BCUT2D eigenvalue weighted by molar-refractivity contribution is 0.0759. The Morgan fingerprint density at radius 1 is 0.886 bits per heavy atom. The molecule has 0 spiro atoms. The molecule has 0 aromatic carbocycles. The van der Waals surface area contributed by atoms with Crippen molar-refractivity contribution in [2.75, 3.05) is 13.1 Å². The van der Waals surface area contributed by atoms with Gasteiger partial charge in [-0.05, 0) is 37.8 Å². The van der Waals surface area contributed by atoms with E-state index in [0.29, 0.717) is 26.1 Å². The number of aromatic nitrogens is 2. The van der Waals surface area contributed by atoms with Gasteiger partial charge < -0.3 is 14.8 Å². The molecule has 1 aliphatic carbocycles. The number of carbonyl (C=O) groups excluding carboxylic acids is 2. The summed E-state index contributed by atoms with van der Waals surface area (Å²) in [7, 11) is 0. The normalized spacial score (nSPS) is 17.8. The van der Waals surface area contributed by atoms with Crippen LogP contribution in [-0.4, -0.2) is 45.4 Å². The molecule has 2 fully saturated rings. The zero-order valence-corrected chi connectivity index (χ0v) is 20.7. The molecule has 3 heterocycles. The predicted molar refractivity (Wildman–Crippen MR) is 137 cm³/mol. The largest absolute Gasteiger partial charge is 0.352 e. The highest BCUT2D eigenvalue weighted by Crippen LogP contribution is 2.18. The number of aryl methyl sites for hydroxylation is 2. The average molecular weight is 479 g/mol. The van der Waals surface area contributed by atoms with E-state index in [0.717, 1.165) is 57.1 Å². The van der Waals surface area contributed by atoms with E-state index in [4.69, 9.17) is 0 Å². The first-order valence-corrected chi connectivity index (χ1v) is 13.4. The van der Waals surface area contributed by atoms with Crippen LogP contribution in [0.15, 0.2) is 41.6 Å². The summed E-state index contributed by atoms with van der Waals surface area (Å²) >= 11 is 0. The number of pyridine rings is 2. The summed E-state index contributed by atoms with van der Waals surface area (Å²) in [5, 5.41) is 3.11.